The van der Waals surface area contributed by atoms with E-state index >= 15 is 0 Å². The van der Waals surface area contributed by atoms with Crippen molar-refractivity contribution in [2.24, 2.45) is 0 Å². The third kappa shape index (κ3) is 1.89. The summed E-state index contributed by atoms with van der Waals surface area (Å²) in [6, 6.07) is 4.10. The molecule has 1 aromatic carbocycles. The summed E-state index contributed by atoms with van der Waals surface area (Å²) in [6.45, 7) is 0. The first-order valence-corrected chi connectivity index (χ1v) is 3.85. The maximum atomic E-state index is 10.4. The number of nitrogens with zero attached hydrogens (tertiary/aromatic N) is 2. The zero-order valence-electron chi connectivity index (χ0n) is 6.12. The average molecular weight is 217 g/mol. The van der Waals surface area contributed by atoms with Crippen LogP contribution in [0.15, 0.2) is 12.1 Å². The molecule has 0 spiro atoms. The van der Waals surface area contributed by atoms with Crippen molar-refractivity contribution in [2.45, 2.75) is 0 Å². The second-order valence-corrected chi connectivity index (χ2v) is 2.95. The van der Waals surface area contributed by atoms with Gasteiger partial charge in [-0.2, -0.15) is 5.26 Å². The van der Waals surface area contributed by atoms with Gasteiger partial charge in [-0.15, -0.1) is 0 Å². The molecular formula is C7H2Cl2N2O2. The number of benzene rings is 1. The first-order chi connectivity index (χ1) is 6.06. The van der Waals surface area contributed by atoms with Crippen molar-refractivity contribution >= 4 is 28.9 Å². The van der Waals surface area contributed by atoms with E-state index in [0.717, 1.165) is 6.07 Å². The van der Waals surface area contributed by atoms with Crippen LogP contribution in [0.2, 0.25) is 10.0 Å². The zero-order chi connectivity index (χ0) is 10.0. The first kappa shape index (κ1) is 9.78. The summed E-state index contributed by atoms with van der Waals surface area (Å²) >= 11 is 11.1. The summed E-state index contributed by atoms with van der Waals surface area (Å²) in [7, 11) is 0. The summed E-state index contributed by atoms with van der Waals surface area (Å²) < 4.78 is 0. The Morgan fingerprint density at radius 3 is 2.54 bits per heavy atom. The second kappa shape index (κ2) is 3.60. The molecule has 0 radical (unpaired) electrons. The van der Waals surface area contributed by atoms with E-state index in [9.17, 15) is 10.1 Å². The van der Waals surface area contributed by atoms with Crippen molar-refractivity contribution in [3.05, 3.63) is 37.9 Å². The molecular weight excluding hydrogens is 215 g/mol. The molecule has 0 fully saturated rings. The lowest BCUT2D eigenvalue weighted by Crippen LogP contribution is -1.90. The molecule has 0 saturated heterocycles. The van der Waals surface area contributed by atoms with Gasteiger partial charge in [0.05, 0.1) is 21.6 Å². The molecule has 1 aromatic rings. The van der Waals surface area contributed by atoms with Gasteiger partial charge in [-0.3, -0.25) is 10.1 Å². The molecule has 66 valence electrons. The predicted octanol–water partition coefficient (Wildman–Crippen LogP) is 2.77. The van der Waals surface area contributed by atoms with E-state index in [1.54, 1.807) is 6.07 Å². The number of nitriles is 1. The van der Waals surface area contributed by atoms with Crippen molar-refractivity contribution in [1.29, 1.82) is 5.26 Å². The van der Waals surface area contributed by atoms with Crippen LogP contribution in [0.4, 0.5) is 5.69 Å². The van der Waals surface area contributed by atoms with Gasteiger partial charge in [-0.1, -0.05) is 23.2 Å². The van der Waals surface area contributed by atoms with Crippen LogP contribution in [0.1, 0.15) is 5.56 Å². The topological polar surface area (TPSA) is 66.9 Å². The van der Waals surface area contributed by atoms with Crippen LogP contribution in [0, 0.1) is 21.4 Å². The summed E-state index contributed by atoms with van der Waals surface area (Å²) in [4.78, 5) is 9.71. The number of hydrogen-bond acceptors (Lipinski definition) is 3. The van der Waals surface area contributed by atoms with Crippen LogP contribution >= 0.6 is 23.2 Å². The van der Waals surface area contributed by atoms with Gasteiger partial charge in [0.1, 0.15) is 5.02 Å². The quantitative estimate of drug-likeness (QED) is 0.536. The lowest BCUT2D eigenvalue weighted by molar-refractivity contribution is -0.384. The fourth-order valence-electron chi connectivity index (χ4n) is 0.772. The Bertz CT molecular complexity index is 412. The summed E-state index contributed by atoms with van der Waals surface area (Å²) in [5.41, 5.74) is -0.244. The number of nitro groups is 1. The molecule has 0 saturated carbocycles. The van der Waals surface area contributed by atoms with Crippen LogP contribution < -0.4 is 0 Å². The summed E-state index contributed by atoms with van der Waals surface area (Å²) in [6.07, 6.45) is 0. The highest BCUT2D eigenvalue weighted by molar-refractivity contribution is 6.43. The molecule has 0 aliphatic rings. The Labute approximate surface area is 83.4 Å². The van der Waals surface area contributed by atoms with Gasteiger partial charge in [0.15, 0.2) is 0 Å². The Kier molecular flexibility index (Phi) is 2.71. The van der Waals surface area contributed by atoms with Gasteiger partial charge in [0.25, 0.3) is 5.69 Å². The molecule has 0 aliphatic heterocycles. The molecule has 0 bridgehead atoms. The van der Waals surface area contributed by atoms with Crippen molar-refractivity contribution in [3.8, 4) is 6.07 Å². The second-order valence-electron chi connectivity index (χ2n) is 2.16. The number of nitro benzene ring substituents is 1. The fraction of sp³-hybridized carbons (Fsp3) is 0. The van der Waals surface area contributed by atoms with E-state index < -0.39 is 4.92 Å². The normalized spacial score (nSPS) is 9.31. The van der Waals surface area contributed by atoms with Crippen molar-refractivity contribution in [3.63, 3.8) is 0 Å². The largest absolute Gasteiger partial charge is 0.290 e. The molecule has 1 rings (SSSR count). The van der Waals surface area contributed by atoms with Crippen molar-refractivity contribution < 1.29 is 4.92 Å². The fourth-order valence-corrected chi connectivity index (χ4v) is 1.16. The maximum absolute atomic E-state index is 10.4. The molecule has 4 nitrogen and oxygen atoms in total. The molecule has 0 atom stereocenters. The minimum absolute atomic E-state index is 0.00687. The Hall–Kier alpha value is -1.31. The van der Waals surface area contributed by atoms with Crippen LogP contribution in [-0.4, -0.2) is 4.92 Å². The Morgan fingerprint density at radius 1 is 1.46 bits per heavy atom. The molecule has 0 amide bonds. The van der Waals surface area contributed by atoms with Crippen LogP contribution in [0.5, 0.6) is 0 Å². The van der Waals surface area contributed by atoms with Gasteiger partial charge in [-0.25, -0.2) is 0 Å². The highest BCUT2D eigenvalue weighted by atomic mass is 35.5. The molecule has 0 aliphatic carbocycles. The van der Waals surface area contributed by atoms with Crippen LogP contribution in [0.3, 0.4) is 0 Å². The van der Waals surface area contributed by atoms with Gasteiger partial charge in [0, 0.05) is 6.07 Å². The standard InChI is InChI=1S/C7H2Cl2N2O2/c8-5-1-4(3-10)2-6(7(5)9)11(12)13/h1-2H. The summed E-state index contributed by atoms with van der Waals surface area (Å²) in [5.74, 6) is 0. The van der Waals surface area contributed by atoms with Crippen LogP contribution in [-0.2, 0) is 0 Å². The molecule has 0 N–H and O–H groups in total. The molecule has 0 unspecified atom stereocenters. The minimum Gasteiger partial charge on any atom is -0.258 e. The maximum Gasteiger partial charge on any atom is 0.290 e. The molecule has 6 heteroatoms. The highest BCUT2D eigenvalue weighted by Gasteiger charge is 2.16. The van der Waals surface area contributed by atoms with E-state index in [0.29, 0.717) is 0 Å². The van der Waals surface area contributed by atoms with E-state index in [1.807, 2.05) is 0 Å². The lowest BCUT2D eigenvalue weighted by atomic mass is 10.2. The third-order valence-corrected chi connectivity index (χ3v) is 2.13. The monoisotopic (exact) mass is 216 g/mol. The number of rotatable bonds is 1. The van der Waals surface area contributed by atoms with Crippen molar-refractivity contribution in [2.75, 3.05) is 0 Å². The van der Waals surface area contributed by atoms with E-state index in [2.05, 4.69) is 0 Å². The molecule has 13 heavy (non-hydrogen) atoms. The van der Waals surface area contributed by atoms with Gasteiger partial charge < -0.3 is 0 Å². The van der Waals surface area contributed by atoms with Gasteiger partial charge in [0.2, 0.25) is 0 Å². The highest BCUT2D eigenvalue weighted by Crippen LogP contribution is 2.32. The Morgan fingerprint density at radius 2 is 2.08 bits per heavy atom. The zero-order valence-corrected chi connectivity index (χ0v) is 7.63. The Balaban J connectivity index is 3.44. The smallest absolute Gasteiger partial charge is 0.258 e. The summed E-state index contributed by atoms with van der Waals surface area (Å²) in [5, 5.41) is 18.7. The number of hydrogen-bond donors (Lipinski definition) is 0. The van der Waals surface area contributed by atoms with E-state index in [4.69, 9.17) is 28.5 Å². The first-order valence-electron chi connectivity index (χ1n) is 3.10. The van der Waals surface area contributed by atoms with Gasteiger partial charge >= 0.3 is 0 Å². The SMILES string of the molecule is N#Cc1cc(Cl)c(Cl)c([N+](=O)[O-])c1. The minimum atomic E-state index is -0.685. The molecule has 0 aromatic heterocycles. The molecule has 0 heterocycles. The predicted molar refractivity (Wildman–Crippen MR) is 47.8 cm³/mol. The van der Waals surface area contributed by atoms with Crippen molar-refractivity contribution in [1.82, 2.24) is 0 Å². The average Bonchev–Trinajstić information content (AvgIpc) is 2.09. The van der Waals surface area contributed by atoms with E-state index in [1.165, 1.54) is 6.07 Å². The third-order valence-electron chi connectivity index (χ3n) is 1.33. The van der Waals surface area contributed by atoms with Crippen LogP contribution in [0.25, 0.3) is 0 Å². The van der Waals surface area contributed by atoms with E-state index in [-0.39, 0.29) is 21.3 Å². The van der Waals surface area contributed by atoms with Gasteiger partial charge in [-0.05, 0) is 6.07 Å². The number of halogens is 2. The lowest BCUT2D eigenvalue weighted by Gasteiger charge is -1.97.